The van der Waals surface area contributed by atoms with Crippen LogP contribution in [0.1, 0.15) is 23.9 Å². The number of aliphatic hydroxyl groups excluding tert-OH is 1. The fourth-order valence-corrected chi connectivity index (χ4v) is 3.02. The van der Waals surface area contributed by atoms with Crippen molar-refractivity contribution in [1.29, 1.82) is 0 Å². The normalized spacial score (nSPS) is 11.3. The molecule has 3 rings (SSSR count). The monoisotopic (exact) mass is 362 g/mol. The number of nitrogens with zero attached hydrogens (tertiary/aromatic N) is 2. The average molecular weight is 362 g/mol. The predicted octanol–water partition coefficient (Wildman–Crippen LogP) is 2.78. The van der Waals surface area contributed by atoms with Crippen molar-refractivity contribution in [1.82, 2.24) is 9.55 Å². The molecule has 0 saturated heterocycles. The first kappa shape index (κ1) is 18.7. The van der Waals surface area contributed by atoms with Gasteiger partial charge in [-0.05, 0) is 35.8 Å². The van der Waals surface area contributed by atoms with Gasteiger partial charge in [-0.2, -0.15) is 0 Å². The van der Waals surface area contributed by atoms with E-state index in [1.807, 2.05) is 25.1 Å². The zero-order valence-corrected chi connectivity index (χ0v) is 15.3. The van der Waals surface area contributed by atoms with E-state index in [9.17, 15) is 9.59 Å². The Morgan fingerprint density at radius 1 is 1.19 bits per heavy atom. The van der Waals surface area contributed by atoms with E-state index in [1.165, 1.54) is 11.6 Å². The van der Waals surface area contributed by atoms with E-state index in [1.54, 1.807) is 28.8 Å². The lowest BCUT2D eigenvalue weighted by atomic mass is 10.1. The number of aliphatic hydroxyl groups is 1. The second-order valence-electron chi connectivity index (χ2n) is 6.31. The van der Waals surface area contributed by atoms with E-state index in [2.05, 4.69) is 17.1 Å². The van der Waals surface area contributed by atoms with Crippen LogP contribution in [0.15, 0.2) is 59.4 Å². The molecular weight excluding hydrogens is 340 g/mol. The van der Waals surface area contributed by atoms with Gasteiger partial charge in [-0.15, -0.1) is 0 Å². The van der Waals surface area contributed by atoms with Crippen LogP contribution in [0.4, 0.5) is 0 Å². The van der Waals surface area contributed by atoms with E-state index < -0.39 is 6.61 Å². The molecule has 0 atom stereocenters. The van der Waals surface area contributed by atoms with Crippen molar-refractivity contribution in [2.24, 2.45) is 0 Å². The lowest BCUT2D eigenvalue weighted by Crippen LogP contribution is -2.26. The molecule has 5 heteroatoms. The van der Waals surface area contributed by atoms with Crippen molar-refractivity contribution in [2.75, 3.05) is 6.61 Å². The summed E-state index contributed by atoms with van der Waals surface area (Å²) in [5.41, 5.74) is 2.52. The molecule has 5 nitrogen and oxygen atoms in total. The molecule has 1 aromatic heterocycles. The Hall–Kier alpha value is -3.05. The summed E-state index contributed by atoms with van der Waals surface area (Å²) in [6, 6.07) is 15.4. The lowest BCUT2D eigenvalue weighted by molar-refractivity contribution is -0.117. The van der Waals surface area contributed by atoms with Crippen molar-refractivity contribution in [3.05, 3.63) is 81.9 Å². The van der Waals surface area contributed by atoms with E-state index in [-0.39, 0.29) is 11.3 Å². The van der Waals surface area contributed by atoms with Crippen LogP contribution in [0.3, 0.4) is 0 Å². The molecule has 1 N–H and O–H groups in total. The molecule has 27 heavy (non-hydrogen) atoms. The van der Waals surface area contributed by atoms with Gasteiger partial charge in [0.05, 0.1) is 10.9 Å². The molecule has 2 aromatic carbocycles. The van der Waals surface area contributed by atoms with Crippen molar-refractivity contribution < 1.29 is 9.90 Å². The second-order valence-corrected chi connectivity index (χ2v) is 6.31. The lowest BCUT2D eigenvalue weighted by Gasteiger charge is -2.13. The minimum Gasteiger partial charge on any atom is -0.388 e. The summed E-state index contributed by atoms with van der Waals surface area (Å²) in [5, 5.41) is 9.36. The molecule has 1 heterocycles. The fourth-order valence-electron chi connectivity index (χ4n) is 3.02. The molecule has 0 amide bonds. The van der Waals surface area contributed by atoms with Crippen LogP contribution in [-0.2, 0) is 24.2 Å². The molecule has 0 bridgehead atoms. The van der Waals surface area contributed by atoms with Crippen molar-refractivity contribution in [3.63, 3.8) is 0 Å². The molecule has 0 aliphatic heterocycles. The van der Waals surface area contributed by atoms with Gasteiger partial charge in [-0.3, -0.25) is 14.2 Å². The van der Waals surface area contributed by atoms with Crippen molar-refractivity contribution in [3.8, 4) is 0 Å². The summed E-state index contributed by atoms with van der Waals surface area (Å²) in [5.74, 6) is 0.379. The Balaban J connectivity index is 1.96. The largest absolute Gasteiger partial charge is 0.388 e. The topological polar surface area (TPSA) is 72.2 Å². The minimum absolute atomic E-state index is 0.0465. The molecule has 0 aliphatic carbocycles. The molecule has 0 aliphatic rings. The Labute approximate surface area is 157 Å². The van der Waals surface area contributed by atoms with Gasteiger partial charge in [0.2, 0.25) is 0 Å². The number of carbonyl (C=O) groups is 1. The van der Waals surface area contributed by atoms with Crippen LogP contribution in [0.5, 0.6) is 0 Å². The Morgan fingerprint density at radius 3 is 2.67 bits per heavy atom. The van der Waals surface area contributed by atoms with Crippen LogP contribution in [-0.4, -0.2) is 27.0 Å². The third kappa shape index (κ3) is 4.38. The molecule has 0 unspecified atom stereocenters. The van der Waals surface area contributed by atoms with Crippen molar-refractivity contribution in [2.45, 2.75) is 26.3 Å². The molecule has 0 saturated carbocycles. The van der Waals surface area contributed by atoms with Gasteiger partial charge in [0, 0.05) is 13.0 Å². The van der Waals surface area contributed by atoms with Gasteiger partial charge in [0.1, 0.15) is 12.4 Å². The maximum absolute atomic E-state index is 13.0. The van der Waals surface area contributed by atoms with Crippen LogP contribution in [0.2, 0.25) is 0 Å². The minimum atomic E-state index is -0.519. The van der Waals surface area contributed by atoms with Crippen LogP contribution in [0.25, 0.3) is 17.0 Å². The number of aryl methyl sites for hydroxylation is 2. The van der Waals surface area contributed by atoms with Crippen LogP contribution < -0.4 is 5.56 Å². The van der Waals surface area contributed by atoms with Gasteiger partial charge >= 0.3 is 0 Å². The zero-order chi connectivity index (χ0) is 19.2. The summed E-state index contributed by atoms with van der Waals surface area (Å²) in [4.78, 5) is 28.9. The molecule has 0 radical (unpaired) electrons. The maximum atomic E-state index is 13.0. The molecule has 0 spiro atoms. The number of benzene rings is 2. The highest BCUT2D eigenvalue weighted by Gasteiger charge is 2.10. The maximum Gasteiger partial charge on any atom is 0.261 e. The first-order valence-electron chi connectivity index (χ1n) is 9.01. The second kappa shape index (κ2) is 8.56. The highest BCUT2D eigenvalue weighted by Crippen LogP contribution is 2.14. The quantitative estimate of drug-likeness (QED) is 0.656. The first-order valence-corrected chi connectivity index (χ1v) is 9.01. The number of ketones is 1. The summed E-state index contributed by atoms with van der Waals surface area (Å²) in [7, 11) is 0. The molecule has 138 valence electrons. The first-order chi connectivity index (χ1) is 13.1. The van der Waals surface area contributed by atoms with E-state index in [0.717, 1.165) is 17.8 Å². The van der Waals surface area contributed by atoms with Gasteiger partial charge in [0.15, 0.2) is 5.78 Å². The summed E-state index contributed by atoms with van der Waals surface area (Å²) >= 11 is 0. The molecule has 3 aromatic rings. The van der Waals surface area contributed by atoms with E-state index in [4.69, 9.17) is 5.11 Å². The molecule has 0 fully saturated rings. The number of aromatic nitrogens is 2. The predicted molar refractivity (Wildman–Crippen MR) is 107 cm³/mol. The highest BCUT2D eigenvalue weighted by molar-refractivity contribution is 5.94. The number of hydrogen-bond acceptors (Lipinski definition) is 4. The van der Waals surface area contributed by atoms with Gasteiger partial charge < -0.3 is 5.11 Å². The van der Waals surface area contributed by atoms with Crippen molar-refractivity contribution >= 4 is 22.8 Å². The number of hydrogen-bond donors (Lipinski definition) is 1. The Morgan fingerprint density at radius 2 is 1.96 bits per heavy atom. The fraction of sp³-hybridized carbons (Fsp3) is 0.227. The third-order valence-corrected chi connectivity index (χ3v) is 4.46. The molecular formula is C22H22N2O3. The summed E-state index contributed by atoms with van der Waals surface area (Å²) in [6.07, 6.45) is 4.36. The standard InChI is InChI=1S/C22H22N2O3/c1-2-21-23-20-14-17(8-10-18(26)15-25)9-11-19(20)22(27)24(21)13-12-16-6-4-3-5-7-16/h3-11,14,25H,2,12-13,15H2,1H3/b10-8+. The summed E-state index contributed by atoms with van der Waals surface area (Å²) in [6.45, 7) is 2.05. The van der Waals surface area contributed by atoms with Crippen LogP contribution >= 0.6 is 0 Å². The van der Waals surface area contributed by atoms with Crippen LogP contribution in [0, 0.1) is 0 Å². The smallest absolute Gasteiger partial charge is 0.261 e. The third-order valence-electron chi connectivity index (χ3n) is 4.46. The highest BCUT2D eigenvalue weighted by atomic mass is 16.3. The zero-order valence-electron chi connectivity index (χ0n) is 15.3. The Bertz CT molecular complexity index is 1040. The number of carbonyl (C=O) groups excluding carboxylic acids is 1. The SMILES string of the molecule is CCc1nc2cc(/C=C/C(=O)CO)ccc2c(=O)n1CCc1ccccc1. The summed E-state index contributed by atoms with van der Waals surface area (Å²) < 4.78 is 1.75. The number of fused-ring (bicyclic) bond motifs is 1. The average Bonchev–Trinajstić information content (AvgIpc) is 2.71. The van der Waals surface area contributed by atoms with Gasteiger partial charge in [0.25, 0.3) is 5.56 Å². The van der Waals surface area contributed by atoms with Gasteiger partial charge in [-0.1, -0.05) is 49.4 Å². The van der Waals surface area contributed by atoms with E-state index >= 15 is 0 Å². The van der Waals surface area contributed by atoms with E-state index in [0.29, 0.717) is 23.9 Å². The van der Waals surface area contributed by atoms with Gasteiger partial charge in [-0.25, -0.2) is 4.98 Å². The Kier molecular flexibility index (Phi) is 5.94. The number of rotatable bonds is 7.